The lowest BCUT2D eigenvalue weighted by molar-refractivity contribution is 0.0526. The molecule has 0 radical (unpaired) electrons. The second-order valence-corrected chi connectivity index (χ2v) is 6.47. The van der Waals surface area contributed by atoms with Gasteiger partial charge >= 0.3 is 5.97 Å². The van der Waals surface area contributed by atoms with E-state index in [2.05, 4.69) is 5.32 Å². The molecule has 0 spiro atoms. The normalized spacial score (nSPS) is 13.0. The molecule has 2 aromatic rings. The summed E-state index contributed by atoms with van der Waals surface area (Å²) in [5.41, 5.74) is 3.95. The van der Waals surface area contributed by atoms with Crippen molar-refractivity contribution in [2.75, 3.05) is 11.9 Å². The molecule has 0 heterocycles. The molecule has 0 atom stereocenters. The number of hydrogen-bond acceptors (Lipinski definition) is 3. The van der Waals surface area contributed by atoms with Gasteiger partial charge in [0.2, 0.25) is 0 Å². The van der Waals surface area contributed by atoms with Crippen LogP contribution in [-0.2, 0) is 17.6 Å². The monoisotopic (exact) mass is 357 g/mol. The maximum Gasteiger partial charge on any atom is 0.339 e. The summed E-state index contributed by atoms with van der Waals surface area (Å²) in [6, 6.07) is 10.6. The minimum atomic E-state index is -0.502. The summed E-state index contributed by atoms with van der Waals surface area (Å²) in [6.45, 7) is 1.99. The van der Waals surface area contributed by atoms with E-state index in [0.29, 0.717) is 16.3 Å². The van der Waals surface area contributed by atoms with E-state index in [9.17, 15) is 9.59 Å². The molecular weight excluding hydrogens is 338 g/mol. The Morgan fingerprint density at radius 1 is 1.08 bits per heavy atom. The minimum absolute atomic E-state index is 0.203. The number of nitrogens with one attached hydrogen (secondary N) is 1. The molecular formula is C20H20ClNO3. The summed E-state index contributed by atoms with van der Waals surface area (Å²) in [5.74, 6) is -0.706. The van der Waals surface area contributed by atoms with Crippen molar-refractivity contribution in [1.82, 2.24) is 0 Å². The maximum absolute atomic E-state index is 12.5. The van der Waals surface area contributed by atoms with E-state index in [1.807, 2.05) is 18.2 Å². The first-order valence-electron chi connectivity index (χ1n) is 8.48. The third kappa shape index (κ3) is 4.02. The largest absolute Gasteiger partial charge is 0.462 e. The Kier molecular flexibility index (Phi) is 5.39. The van der Waals surface area contributed by atoms with Crippen molar-refractivity contribution in [3.05, 3.63) is 63.7 Å². The second kappa shape index (κ2) is 7.70. The molecule has 4 nitrogen and oxygen atoms in total. The van der Waals surface area contributed by atoms with Gasteiger partial charge in [0.15, 0.2) is 0 Å². The number of fused-ring (bicyclic) bond motifs is 1. The van der Waals surface area contributed by atoms with Crippen molar-refractivity contribution < 1.29 is 14.3 Å². The molecule has 0 aromatic heterocycles. The molecule has 1 aliphatic carbocycles. The van der Waals surface area contributed by atoms with E-state index in [-0.39, 0.29) is 18.1 Å². The minimum Gasteiger partial charge on any atom is -0.462 e. The summed E-state index contributed by atoms with van der Waals surface area (Å²) in [7, 11) is 0. The first-order valence-corrected chi connectivity index (χ1v) is 8.86. The molecule has 25 heavy (non-hydrogen) atoms. The molecule has 2 aromatic carbocycles. The fraction of sp³-hybridized carbons (Fsp3) is 0.300. The number of hydrogen-bond donors (Lipinski definition) is 1. The van der Waals surface area contributed by atoms with Crippen LogP contribution in [0.5, 0.6) is 0 Å². The Balaban J connectivity index is 1.79. The zero-order chi connectivity index (χ0) is 17.8. The Morgan fingerprint density at radius 2 is 1.84 bits per heavy atom. The molecule has 1 aliphatic rings. The van der Waals surface area contributed by atoms with Crippen LogP contribution in [0.15, 0.2) is 36.4 Å². The molecule has 0 unspecified atom stereocenters. The SMILES string of the molecule is CCOC(=O)c1cc(NC(=O)c2ccc3c(c2)CCCC3)ccc1Cl. The van der Waals surface area contributed by atoms with Gasteiger partial charge in [-0.25, -0.2) is 4.79 Å². The van der Waals surface area contributed by atoms with E-state index < -0.39 is 5.97 Å². The number of esters is 1. The first kappa shape index (κ1) is 17.5. The van der Waals surface area contributed by atoms with Crippen LogP contribution in [0.2, 0.25) is 5.02 Å². The van der Waals surface area contributed by atoms with E-state index in [1.54, 1.807) is 19.1 Å². The fourth-order valence-electron chi connectivity index (χ4n) is 3.05. The molecule has 0 bridgehead atoms. The van der Waals surface area contributed by atoms with Gasteiger partial charge in [0.25, 0.3) is 5.91 Å². The van der Waals surface area contributed by atoms with Crippen LogP contribution in [0.25, 0.3) is 0 Å². The van der Waals surface area contributed by atoms with Crippen molar-refractivity contribution in [1.29, 1.82) is 0 Å². The molecule has 0 aliphatic heterocycles. The lowest BCUT2D eigenvalue weighted by atomic mass is 9.90. The highest BCUT2D eigenvalue weighted by molar-refractivity contribution is 6.33. The van der Waals surface area contributed by atoms with Crippen LogP contribution < -0.4 is 5.32 Å². The van der Waals surface area contributed by atoms with Crippen LogP contribution in [-0.4, -0.2) is 18.5 Å². The fourth-order valence-corrected chi connectivity index (χ4v) is 3.24. The Bertz CT molecular complexity index is 817. The first-order chi connectivity index (χ1) is 12.1. The van der Waals surface area contributed by atoms with Crippen LogP contribution in [0, 0.1) is 0 Å². The van der Waals surface area contributed by atoms with Gasteiger partial charge < -0.3 is 10.1 Å². The summed E-state index contributed by atoms with van der Waals surface area (Å²) >= 11 is 6.05. The number of halogens is 1. The number of carbonyl (C=O) groups is 2. The summed E-state index contributed by atoms with van der Waals surface area (Å²) in [4.78, 5) is 24.4. The highest BCUT2D eigenvalue weighted by Gasteiger charge is 2.15. The quantitative estimate of drug-likeness (QED) is 0.810. The number of amides is 1. The van der Waals surface area contributed by atoms with E-state index >= 15 is 0 Å². The topological polar surface area (TPSA) is 55.4 Å². The van der Waals surface area contributed by atoms with Crippen molar-refractivity contribution in [2.45, 2.75) is 32.6 Å². The maximum atomic E-state index is 12.5. The van der Waals surface area contributed by atoms with E-state index in [1.165, 1.54) is 23.6 Å². The number of rotatable bonds is 4. The van der Waals surface area contributed by atoms with E-state index in [4.69, 9.17) is 16.3 Å². The van der Waals surface area contributed by atoms with Gasteiger partial charge in [0.05, 0.1) is 17.2 Å². The van der Waals surface area contributed by atoms with Gasteiger partial charge in [-0.15, -0.1) is 0 Å². The standard InChI is InChI=1S/C20H20ClNO3/c1-2-25-20(24)17-12-16(9-10-18(17)21)22-19(23)15-8-7-13-5-3-4-6-14(13)11-15/h7-12H,2-6H2,1H3,(H,22,23). The van der Waals surface area contributed by atoms with Gasteiger partial charge in [0.1, 0.15) is 0 Å². The van der Waals surface area contributed by atoms with Gasteiger partial charge in [0, 0.05) is 11.3 Å². The molecule has 1 N–H and O–H groups in total. The molecule has 0 saturated heterocycles. The van der Waals surface area contributed by atoms with Crippen molar-refractivity contribution >= 4 is 29.2 Å². The molecule has 5 heteroatoms. The van der Waals surface area contributed by atoms with Gasteiger partial charge in [-0.2, -0.15) is 0 Å². The average molecular weight is 358 g/mol. The predicted octanol–water partition coefficient (Wildman–Crippen LogP) is 4.65. The van der Waals surface area contributed by atoms with Gasteiger partial charge in [-0.1, -0.05) is 17.7 Å². The highest BCUT2D eigenvalue weighted by atomic mass is 35.5. The molecule has 130 valence electrons. The van der Waals surface area contributed by atoms with Gasteiger partial charge in [-0.05, 0) is 74.1 Å². The number of benzene rings is 2. The van der Waals surface area contributed by atoms with Crippen molar-refractivity contribution in [2.24, 2.45) is 0 Å². The lowest BCUT2D eigenvalue weighted by Crippen LogP contribution is -2.14. The third-order valence-corrected chi connectivity index (χ3v) is 4.66. The summed E-state index contributed by atoms with van der Waals surface area (Å²) in [6.07, 6.45) is 4.47. The molecule has 1 amide bonds. The van der Waals surface area contributed by atoms with Crippen LogP contribution in [0.3, 0.4) is 0 Å². The second-order valence-electron chi connectivity index (χ2n) is 6.06. The lowest BCUT2D eigenvalue weighted by Gasteiger charge is -2.16. The Labute approximate surface area is 152 Å². The predicted molar refractivity (Wildman–Crippen MR) is 98.4 cm³/mol. The summed E-state index contributed by atoms with van der Waals surface area (Å²) < 4.78 is 4.98. The molecule has 0 fully saturated rings. The zero-order valence-electron chi connectivity index (χ0n) is 14.1. The average Bonchev–Trinajstić information content (AvgIpc) is 2.63. The Hall–Kier alpha value is -2.33. The van der Waals surface area contributed by atoms with Crippen LogP contribution in [0.1, 0.15) is 51.6 Å². The molecule has 0 saturated carbocycles. The van der Waals surface area contributed by atoms with E-state index in [0.717, 1.165) is 19.3 Å². The third-order valence-electron chi connectivity index (χ3n) is 4.33. The number of aryl methyl sites for hydroxylation is 2. The van der Waals surface area contributed by atoms with Crippen molar-refractivity contribution in [3.63, 3.8) is 0 Å². The van der Waals surface area contributed by atoms with Crippen molar-refractivity contribution in [3.8, 4) is 0 Å². The van der Waals surface area contributed by atoms with Crippen LogP contribution in [0.4, 0.5) is 5.69 Å². The van der Waals surface area contributed by atoms with Gasteiger partial charge in [-0.3, -0.25) is 4.79 Å². The van der Waals surface area contributed by atoms with Crippen LogP contribution >= 0.6 is 11.6 Å². The summed E-state index contributed by atoms with van der Waals surface area (Å²) in [5, 5.41) is 3.12. The highest BCUT2D eigenvalue weighted by Crippen LogP contribution is 2.24. The number of anilines is 1. The smallest absolute Gasteiger partial charge is 0.339 e. The number of ether oxygens (including phenoxy) is 1. The zero-order valence-corrected chi connectivity index (χ0v) is 14.9. The molecule has 3 rings (SSSR count). The Morgan fingerprint density at radius 3 is 2.60 bits per heavy atom. The number of carbonyl (C=O) groups excluding carboxylic acids is 2.